The molecule has 1 unspecified atom stereocenters. The first-order chi connectivity index (χ1) is 12.2. The summed E-state index contributed by atoms with van der Waals surface area (Å²) in [7, 11) is 5.11. The van der Waals surface area contributed by atoms with Crippen LogP contribution in [-0.4, -0.2) is 63.4 Å². The Morgan fingerprint density at radius 1 is 0.880 bits per heavy atom. The number of piperidine rings is 1. The Kier molecular flexibility index (Phi) is 6.43. The van der Waals surface area contributed by atoms with Gasteiger partial charge in [0.15, 0.2) is 0 Å². The van der Waals surface area contributed by atoms with Crippen LogP contribution in [-0.2, 0) is 6.54 Å². The van der Waals surface area contributed by atoms with Crippen LogP contribution in [0.5, 0.6) is 17.2 Å². The molecule has 1 aromatic rings. The number of methoxy groups -OCH3 is 3. The third-order valence-corrected chi connectivity index (χ3v) is 5.60. The predicted molar refractivity (Wildman–Crippen MR) is 99.8 cm³/mol. The molecule has 0 N–H and O–H groups in total. The fourth-order valence-corrected chi connectivity index (χ4v) is 4.17. The minimum Gasteiger partial charge on any atom is -0.496 e. The van der Waals surface area contributed by atoms with E-state index in [0.29, 0.717) is 6.04 Å². The molecule has 0 spiro atoms. The van der Waals surface area contributed by atoms with Crippen molar-refractivity contribution in [2.24, 2.45) is 0 Å². The van der Waals surface area contributed by atoms with E-state index in [2.05, 4.69) is 9.80 Å². The van der Waals surface area contributed by atoms with Gasteiger partial charge < -0.3 is 19.1 Å². The number of hydrogen-bond donors (Lipinski definition) is 0. The molecule has 0 bridgehead atoms. The van der Waals surface area contributed by atoms with Gasteiger partial charge in [-0.1, -0.05) is 6.42 Å². The Hall–Kier alpha value is -1.46. The van der Waals surface area contributed by atoms with E-state index in [9.17, 15) is 0 Å². The molecule has 2 aliphatic heterocycles. The molecule has 2 saturated heterocycles. The molecular formula is C20H32N2O3. The smallest absolute Gasteiger partial charge is 0.130 e. The maximum atomic E-state index is 5.64. The zero-order valence-corrected chi connectivity index (χ0v) is 15.9. The van der Waals surface area contributed by atoms with Gasteiger partial charge in [0.1, 0.15) is 17.2 Å². The summed E-state index contributed by atoms with van der Waals surface area (Å²) in [5.41, 5.74) is 1.12. The molecule has 5 nitrogen and oxygen atoms in total. The van der Waals surface area contributed by atoms with Gasteiger partial charge in [-0.3, -0.25) is 4.90 Å². The van der Waals surface area contributed by atoms with Crippen molar-refractivity contribution >= 4 is 0 Å². The van der Waals surface area contributed by atoms with Crippen molar-refractivity contribution in [3.63, 3.8) is 0 Å². The van der Waals surface area contributed by atoms with Crippen LogP contribution < -0.4 is 14.2 Å². The monoisotopic (exact) mass is 348 g/mol. The molecule has 5 heteroatoms. The van der Waals surface area contributed by atoms with E-state index in [1.807, 2.05) is 12.1 Å². The Balaban J connectivity index is 1.78. The first kappa shape index (κ1) is 18.3. The molecule has 0 saturated carbocycles. The number of ether oxygens (including phenoxy) is 3. The Morgan fingerprint density at radius 2 is 1.52 bits per heavy atom. The summed E-state index contributed by atoms with van der Waals surface area (Å²) in [6.45, 7) is 5.74. The van der Waals surface area contributed by atoms with Gasteiger partial charge in [-0.15, -0.1) is 0 Å². The summed E-state index contributed by atoms with van der Waals surface area (Å²) in [6, 6.07) is 4.54. The molecule has 0 radical (unpaired) electrons. The van der Waals surface area contributed by atoms with Crippen molar-refractivity contribution in [2.75, 3.05) is 47.5 Å². The van der Waals surface area contributed by atoms with E-state index in [0.717, 1.165) is 35.9 Å². The van der Waals surface area contributed by atoms with Gasteiger partial charge in [0.05, 0.1) is 26.9 Å². The third kappa shape index (κ3) is 4.39. The minimum absolute atomic E-state index is 0.628. The molecule has 1 atom stereocenters. The maximum absolute atomic E-state index is 5.64. The highest BCUT2D eigenvalue weighted by Gasteiger charge is 2.27. The van der Waals surface area contributed by atoms with Gasteiger partial charge in [-0.05, 0) is 45.3 Å². The highest BCUT2D eigenvalue weighted by molar-refractivity contribution is 5.50. The molecule has 2 heterocycles. The van der Waals surface area contributed by atoms with E-state index in [-0.39, 0.29) is 0 Å². The van der Waals surface area contributed by atoms with Crippen LogP contribution >= 0.6 is 0 Å². The molecule has 2 fully saturated rings. The Morgan fingerprint density at radius 3 is 2.12 bits per heavy atom. The second kappa shape index (κ2) is 8.77. The van der Waals surface area contributed by atoms with Crippen molar-refractivity contribution in [3.05, 3.63) is 17.7 Å². The van der Waals surface area contributed by atoms with Gasteiger partial charge in [-0.25, -0.2) is 0 Å². The standard InChI is InChI=1S/C20H32N2O3/c1-23-17-12-19(24-2)18(20(13-17)25-3)15-22-11-5-4-8-16(22)14-21-9-6-7-10-21/h12-13,16H,4-11,14-15H2,1-3H3. The summed E-state index contributed by atoms with van der Waals surface area (Å²) < 4.78 is 16.7. The average molecular weight is 348 g/mol. The minimum atomic E-state index is 0.628. The van der Waals surface area contributed by atoms with Crippen molar-refractivity contribution < 1.29 is 14.2 Å². The summed E-state index contributed by atoms with van der Waals surface area (Å²) in [5.74, 6) is 2.47. The Labute approximate surface area is 151 Å². The highest BCUT2D eigenvalue weighted by atomic mass is 16.5. The van der Waals surface area contributed by atoms with E-state index in [1.165, 1.54) is 51.7 Å². The topological polar surface area (TPSA) is 34.2 Å². The summed E-state index contributed by atoms with van der Waals surface area (Å²) in [4.78, 5) is 5.25. The van der Waals surface area contributed by atoms with Crippen LogP contribution in [0.1, 0.15) is 37.7 Å². The average Bonchev–Trinajstić information content (AvgIpc) is 3.16. The SMILES string of the molecule is COc1cc(OC)c(CN2CCCCC2CN2CCCC2)c(OC)c1. The molecule has 1 aromatic carbocycles. The molecule has 140 valence electrons. The normalized spacial score (nSPS) is 22.1. The predicted octanol–water partition coefficient (Wildman–Crippen LogP) is 3.16. The fourth-order valence-electron chi connectivity index (χ4n) is 4.17. The quantitative estimate of drug-likeness (QED) is 0.756. The highest BCUT2D eigenvalue weighted by Crippen LogP contribution is 2.36. The molecule has 3 rings (SSSR count). The van der Waals surface area contributed by atoms with Crippen LogP contribution in [0, 0.1) is 0 Å². The summed E-state index contributed by atoms with van der Waals surface area (Å²) in [6.07, 6.45) is 6.61. The zero-order chi connectivity index (χ0) is 17.6. The van der Waals surface area contributed by atoms with Crippen LogP contribution in [0.4, 0.5) is 0 Å². The van der Waals surface area contributed by atoms with Crippen LogP contribution in [0.3, 0.4) is 0 Å². The molecule has 25 heavy (non-hydrogen) atoms. The molecule has 0 aromatic heterocycles. The third-order valence-electron chi connectivity index (χ3n) is 5.60. The largest absolute Gasteiger partial charge is 0.496 e. The summed E-state index contributed by atoms with van der Waals surface area (Å²) >= 11 is 0. The molecule has 0 amide bonds. The summed E-state index contributed by atoms with van der Waals surface area (Å²) in [5, 5.41) is 0. The number of nitrogens with zero attached hydrogens (tertiary/aromatic N) is 2. The molecule has 0 aliphatic carbocycles. The number of benzene rings is 1. The number of hydrogen-bond acceptors (Lipinski definition) is 5. The van der Waals surface area contributed by atoms with E-state index >= 15 is 0 Å². The lowest BCUT2D eigenvalue weighted by atomic mass is 10.00. The Bertz CT molecular complexity index is 533. The van der Waals surface area contributed by atoms with Crippen LogP contribution in [0.25, 0.3) is 0 Å². The van der Waals surface area contributed by atoms with Crippen molar-refractivity contribution in [3.8, 4) is 17.2 Å². The maximum Gasteiger partial charge on any atom is 0.130 e. The van der Waals surface area contributed by atoms with Gasteiger partial charge >= 0.3 is 0 Å². The van der Waals surface area contributed by atoms with Gasteiger partial charge in [0, 0.05) is 31.3 Å². The van der Waals surface area contributed by atoms with E-state index in [4.69, 9.17) is 14.2 Å². The number of rotatable bonds is 7. The lowest BCUT2D eigenvalue weighted by Crippen LogP contribution is -2.45. The lowest BCUT2D eigenvalue weighted by Gasteiger charge is -2.38. The lowest BCUT2D eigenvalue weighted by molar-refractivity contribution is 0.104. The zero-order valence-electron chi connectivity index (χ0n) is 15.9. The molecular weight excluding hydrogens is 316 g/mol. The van der Waals surface area contributed by atoms with Crippen LogP contribution in [0.15, 0.2) is 12.1 Å². The van der Waals surface area contributed by atoms with E-state index < -0.39 is 0 Å². The van der Waals surface area contributed by atoms with Crippen molar-refractivity contribution in [1.82, 2.24) is 9.80 Å². The van der Waals surface area contributed by atoms with Gasteiger partial charge in [0.25, 0.3) is 0 Å². The second-order valence-corrected chi connectivity index (χ2v) is 7.14. The fraction of sp³-hybridized carbons (Fsp3) is 0.700. The first-order valence-electron chi connectivity index (χ1n) is 9.50. The van der Waals surface area contributed by atoms with Crippen LogP contribution in [0.2, 0.25) is 0 Å². The van der Waals surface area contributed by atoms with E-state index in [1.54, 1.807) is 21.3 Å². The first-order valence-corrected chi connectivity index (χ1v) is 9.50. The van der Waals surface area contributed by atoms with Gasteiger partial charge in [0.2, 0.25) is 0 Å². The van der Waals surface area contributed by atoms with Crippen molar-refractivity contribution in [1.29, 1.82) is 0 Å². The second-order valence-electron chi connectivity index (χ2n) is 7.14. The van der Waals surface area contributed by atoms with Gasteiger partial charge in [-0.2, -0.15) is 0 Å². The van der Waals surface area contributed by atoms with Crippen molar-refractivity contribution in [2.45, 2.75) is 44.7 Å². The molecule has 2 aliphatic rings. The number of likely N-dealkylation sites (tertiary alicyclic amines) is 2.